The number of hydrogen-bond acceptors (Lipinski definition) is 10. The van der Waals surface area contributed by atoms with Crippen molar-refractivity contribution in [2.24, 2.45) is 16.6 Å². The Hall–Kier alpha value is -3.28. The van der Waals surface area contributed by atoms with Crippen molar-refractivity contribution in [1.29, 1.82) is 0 Å². The molecule has 1 saturated heterocycles. The predicted molar refractivity (Wildman–Crippen MR) is 127 cm³/mol. The average Bonchev–Trinajstić information content (AvgIpc) is 3.21. The Labute approximate surface area is 198 Å². The van der Waals surface area contributed by atoms with Crippen LogP contribution in [0.5, 0.6) is 0 Å². The van der Waals surface area contributed by atoms with Gasteiger partial charge in [0.05, 0.1) is 12.9 Å². The molecule has 0 bridgehead atoms. The summed E-state index contributed by atoms with van der Waals surface area (Å²) in [6, 6.07) is -0.840. The predicted octanol–water partition coefficient (Wildman–Crippen LogP) is 0.177. The quantitative estimate of drug-likeness (QED) is 0.518. The van der Waals surface area contributed by atoms with Crippen LogP contribution in [0.4, 0.5) is 5.82 Å². The number of guanidine groups is 1. The van der Waals surface area contributed by atoms with E-state index in [1.165, 1.54) is 6.33 Å². The zero-order valence-electron chi connectivity index (χ0n) is 20.0. The summed E-state index contributed by atoms with van der Waals surface area (Å²) in [5.74, 6) is 0.738. The van der Waals surface area contributed by atoms with Gasteiger partial charge in [0.1, 0.15) is 18.0 Å². The van der Waals surface area contributed by atoms with Gasteiger partial charge in [-0.2, -0.15) is 0 Å². The lowest BCUT2D eigenvalue weighted by Gasteiger charge is -2.32. The highest BCUT2D eigenvalue weighted by Gasteiger charge is 2.29. The van der Waals surface area contributed by atoms with Crippen molar-refractivity contribution in [3.63, 3.8) is 0 Å². The van der Waals surface area contributed by atoms with Crippen molar-refractivity contribution in [3.8, 4) is 0 Å². The van der Waals surface area contributed by atoms with Crippen molar-refractivity contribution in [1.82, 2.24) is 30.2 Å². The van der Waals surface area contributed by atoms with E-state index in [0.717, 1.165) is 19.5 Å². The fraction of sp³-hybridized carbons (Fsp3) is 0.636. The maximum absolute atomic E-state index is 12.6. The number of nitrogens with zero attached hydrogens (tertiary/aromatic N) is 6. The molecule has 2 aliphatic rings. The van der Waals surface area contributed by atoms with Gasteiger partial charge in [0.15, 0.2) is 22.9 Å². The van der Waals surface area contributed by atoms with E-state index in [9.17, 15) is 9.59 Å². The summed E-state index contributed by atoms with van der Waals surface area (Å²) in [5.41, 5.74) is 6.71. The number of rotatable bonds is 5. The number of aromatic nitrogens is 4. The molecule has 0 spiro atoms. The minimum absolute atomic E-state index is 0.000966. The number of carbonyl (C=O) groups excluding carboxylic acids is 2. The number of hydrogen-bond donors (Lipinski definition) is 3. The Morgan fingerprint density at radius 1 is 1.26 bits per heavy atom. The third-order valence-electron chi connectivity index (χ3n) is 5.79. The standard InChI is InChI=1S/C22H33N9O3/c1-22(2,3)34-20(33)15(23)11-31-13-28-16-17(26-12-27-18(16)31)30-9-5-14(6-10-30)19(32)29-21-24-7-4-8-25-21/h12-15H,4-11,23H2,1-3H3,(H2,24,25,29,32). The summed E-state index contributed by atoms with van der Waals surface area (Å²) in [4.78, 5) is 44.7. The van der Waals surface area contributed by atoms with E-state index in [2.05, 4.69) is 35.5 Å². The highest BCUT2D eigenvalue weighted by atomic mass is 16.6. The van der Waals surface area contributed by atoms with Gasteiger partial charge < -0.3 is 25.3 Å². The van der Waals surface area contributed by atoms with E-state index in [1.807, 2.05) is 0 Å². The van der Waals surface area contributed by atoms with Crippen LogP contribution in [0.25, 0.3) is 11.2 Å². The van der Waals surface area contributed by atoms with Gasteiger partial charge in [-0.15, -0.1) is 0 Å². The van der Waals surface area contributed by atoms with Crippen LogP contribution >= 0.6 is 0 Å². The smallest absolute Gasteiger partial charge is 0.325 e. The van der Waals surface area contributed by atoms with Gasteiger partial charge in [0.25, 0.3) is 0 Å². The molecule has 2 aromatic rings. The van der Waals surface area contributed by atoms with Crippen LogP contribution in [0.3, 0.4) is 0 Å². The molecule has 1 atom stereocenters. The number of amides is 1. The first-order valence-corrected chi connectivity index (χ1v) is 11.7. The first kappa shape index (κ1) is 23.9. The van der Waals surface area contributed by atoms with Crippen molar-refractivity contribution < 1.29 is 14.3 Å². The van der Waals surface area contributed by atoms with Crippen LogP contribution in [0.2, 0.25) is 0 Å². The number of carbonyl (C=O) groups is 2. The van der Waals surface area contributed by atoms with Crippen LogP contribution in [-0.4, -0.2) is 75.2 Å². The van der Waals surface area contributed by atoms with Gasteiger partial charge in [-0.05, 0) is 40.0 Å². The highest BCUT2D eigenvalue weighted by Crippen LogP contribution is 2.27. The molecule has 0 saturated carbocycles. The van der Waals surface area contributed by atoms with Crippen molar-refractivity contribution in [2.75, 3.05) is 31.1 Å². The molecule has 1 fully saturated rings. The Morgan fingerprint density at radius 3 is 2.71 bits per heavy atom. The lowest BCUT2D eigenvalue weighted by atomic mass is 9.96. The number of ether oxygens (including phenoxy) is 1. The molecular weight excluding hydrogens is 438 g/mol. The number of anilines is 1. The van der Waals surface area contributed by atoms with E-state index in [-0.39, 0.29) is 18.4 Å². The van der Waals surface area contributed by atoms with Gasteiger partial charge in [-0.25, -0.2) is 15.0 Å². The maximum atomic E-state index is 12.6. The summed E-state index contributed by atoms with van der Waals surface area (Å²) in [7, 11) is 0. The maximum Gasteiger partial charge on any atom is 0.325 e. The van der Waals surface area contributed by atoms with Gasteiger partial charge in [-0.1, -0.05) is 0 Å². The van der Waals surface area contributed by atoms with Crippen molar-refractivity contribution >= 4 is 34.8 Å². The molecule has 4 heterocycles. The number of imidazole rings is 1. The van der Waals surface area contributed by atoms with Gasteiger partial charge in [0, 0.05) is 32.1 Å². The Balaban J connectivity index is 1.39. The lowest BCUT2D eigenvalue weighted by molar-refractivity contribution is -0.156. The molecule has 1 amide bonds. The molecule has 1 unspecified atom stereocenters. The molecule has 12 heteroatoms. The first-order valence-electron chi connectivity index (χ1n) is 11.7. The Kier molecular flexibility index (Phi) is 6.96. The summed E-state index contributed by atoms with van der Waals surface area (Å²) >= 11 is 0. The molecular formula is C22H33N9O3. The summed E-state index contributed by atoms with van der Waals surface area (Å²) in [6.07, 6.45) is 5.49. The van der Waals surface area contributed by atoms with Crippen LogP contribution in [0.15, 0.2) is 17.6 Å². The molecule has 0 radical (unpaired) electrons. The van der Waals surface area contributed by atoms with Gasteiger partial charge in [-0.3, -0.25) is 19.9 Å². The van der Waals surface area contributed by atoms with E-state index < -0.39 is 17.6 Å². The largest absolute Gasteiger partial charge is 0.459 e. The lowest BCUT2D eigenvalue weighted by Crippen LogP contribution is -2.48. The van der Waals surface area contributed by atoms with E-state index in [0.29, 0.717) is 48.9 Å². The third-order valence-corrected chi connectivity index (χ3v) is 5.79. The van der Waals surface area contributed by atoms with Crippen LogP contribution in [-0.2, 0) is 20.9 Å². The SMILES string of the molecule is CC(C)(C)OC(=O)C(N)Cn1cnc2c(N3CCC(C(=O)NC4=NCCCN4)CC3)ncnc21. The average molecular weight is 472 g/mol. The number of aliphatic imine (C=N–C) groups is 1. The zero-order chi connectivity index (χ0) is 24.3. The second-order valence-electron chi connectivity index (χ2n) is 9.67. The Bertz CT molecular complexity index is 1070. The molecule has 12 nitrogen and oxygen atoms in total. The summed E-state index contributed by atoms with van der Waals surface area (Å²) in [6.45, 7) is 8.52. The van der Waals surface area contributed by atoms with Crippen molar-refractivity contribution in [3.05, 3.63) is 12.7 Å². The number of nitrogens with one attached hydrogen (secondary N) is 2. The number of piperidine rings is 1. The number of nitrogens with two attached hydrogens (primary N) is 1. The number of fused-ring (bicyclic) bond motifs is 1. The fourth-order valence-electron chi connectivity index (χ4n) is 4.09. The molecule has 4 rings (SSSR count). The third kappa shape index (κ3) is 5.61. The molecule has 4 N–H and O–H groups in total. The van der Waals surface area contributed by atoms with Gasteiger partial charge >= 0.3 is 5.97 Å². The van der Waals surface area contributed by atoms with E-state index in [1.54, 1.807) is 31.7 Å². The molecule has 0 aromatic carbocycles. The highest BCUT2D eigenvalue weighted by molar-refractivity contribution is 5.98. The van der Waals surface area contributed by atoms with Crippen LogP contribution in [0.1, 0.15) is 40.0 Å². The minimum atomic E-state index is -0.840. The second-order valence-corrected chi connectivity index (χ2v) is 9.67. The van der Waals surface area contributed by atoms with Crippen LogP contribution < -0.4 is 21.3 Å². The monoisotopic (exact) mass is 471 g/mol. The number of esters is 1. The van der Waals surface area contributed by atoms with Crippen LogP contribution in [0, 0.1) is 5.92 Å². The summed E-state index contributed by atoms with van der Waals surface area (Å²) in [5, 5.41) is 6.03. The molecule has 2 aliphatic heterocycles. The summed E-state index contributed by atoms with van der Waals surface area (Å²) < 4.78 is 7.12. The second kappa shape index (κ2) is 9.92. The van der Waals surface area contributed by atoms with Crippen molar-refractivity contribution in [2.45, 2.75) is 58.2 Å². The topological polar surface area (TPSA) is 153 Å². The first-order chi connectivity index (χ1) is 16.2. The van der Waals surface area contributed by atoms with E-state index in [4.69, 9.17) is 10.5 Å². The normalized spacial score (nSPS) is 18.2. The van der Waals surface area contributed by atoms with E-state index >= 15 is 0 Å². The zero-order valence-corrected chi connectivity index (χ0v) is 20.0. The minimum Gasteiger partial charge on any atom is -0.459 e. The van der Waals surface area contributed by atoms with Gasteiger partial charge in [0.2, 0.25) is 5.91 Å². The molecule has 34 heavy (non-hydrogen) atoms. The molecule has 2 aromatic heterocycles. The Morgan fingerprint density at radius 2 is 2.03 bits per heavy atom. The fourth-order valence-corrected chi connectivity index (χ4v) is 4.09. The molecule has 0 aliphatic carbocycles. The molecule has 184 valence electrons.